The number of methoxy groups -OCH3 is 2. The second-order valence-corrected chi connectivity index (χ2v) is 9.52. The van der Waals surface area contributed by atoms with E-state index in [9.17, 15) is 18.0 Å². The number of anilines is 1. The molecule has 0 saturated carbocycles. The Balaban J connectivity index is 2.43. The predicted molar refractivity (Wildman–Crippen MR) is 127 cm³/mol. The molecule has 0 heterocycles. The van der Waals surface area contributed by atoms with E-state index < -0.39 is 28.5 Å². The number of carbonyl (C=O) groups excluding carboxylic acids is 2. The van der Waals surface area contributed by atoms with Crippen molar-refractivity contribution < 1.29 is 27.5 Å². The summed E-state index contributed by atoms with van der Waals surface area (Å²) in [6, 6.07) is 11.3. The number of hydrogen-bond donors (Lipinski definition) is 1. The van der Waals surface area contributed by atoms with Gasteiger partial charge in [-0.3, -0.25) is 13.9 Å². The van der Waals surface area contributed by atoms with Crippen LogP contribution in [0.15, 0.2) is 42.5 Å². The zero-order valence-electron chi connectivity index (χ0n) is 19.8. The Labute approximate surface area is 195 Å². The van der Waals surface area contributed by atoms with Gasteiger partial charge in [-0.1, -0.05) is 29.8 Å². The van der Waals surface area contributed by atoms with Crippen molar-refractivity contribution in [3.8, 4) is 11.5 Å². The second-order valence-electron chi connectivity index (χ2n) is 7.61. The second kappa shape index (κ2) is 11.0. The molecule has 0 aromatic heterocycles. The number of rotatable bonds is 10. The van der Waals surface area contributed by atoms with Gasteiger partial charge in [-0.25, -0.2) is 8.42 Å². The van der Waals surface area contributed by atoms with E-state index >= 15 is 0 Å². The van der Waals surface area contributed by atoms with E-state index in [0.29, 0.717) is 11.5 Å². The van der Waals surface area contributed by atoms with Crippen LogP contribution in [0, 0.1) is 6.92 Å². The fraction of sp³-hybridized carbons (Fsp3) is 0.391. The fourth-order valence-corrected chi connectivity index (χ4v) is 4.23. The van der Waals surface area contributed by atoms with Gasteiger partial charge in [0, 0.05) is 19.7 Å². The molecule has 10 heteroatoms. The molecule has 0 saturated heterocycles. The Kier molecular flexibility index (Phi) is 8.69. The summed E-state index contributed by atoms with van der Waals surface area (Å²) in [4.78, 5) is 27.1. The minimum atomic E-state index is -3.83. The van der Waals surface area contributed by atoms with Crippen molar-refractivity contribution in [1.29, 1.82) is 0 Å². The molecule has 0 bridgehead atoms. The Morgan fingerprint density at radius 3 is 2.27 bits per heavy atom. The number of benzene rings is 2. The molecule has 9 nitrogen and oxygen atoms in total. The SMILES string of the molecule is CNC(=O)C(C)N(Cc1cccc(C)c1)C(=O)CN(c1ccc(OC)c(OC)c1)S(C)(=O)=O. The number of likely N-dealkylation sites (N-methyl/N-ethyl adjacent to an activating group) is 1. The molecule has 1 N–H and O–H groups in total. The molecule has 2 aromatic rings. The van der Waals surface area contributed by atoms with Crippen LogP contribution in [-0.4, -0.2) is 65.2 Å². The molecule has 0 aliphatic heterocycles. The van der Waals surface area contributed by atoms with E-state index in [-0.39, 0.29) is 18.1 Å². The first kappa shape index (κ1) is 26.0. The monoisotopic (exact) mass is 477 g/mol. The minimum Gasteiger partial charge on any atom is -0.493 e. The molecule has 180 valence electrons. The van der Waals surface area contributed by atoms with Crippen LogP contribution in [0.25, 0.3) is 0 Å². The number of sulfonamides is 1. The average molecular weight is 478 g/mol. The summed E-state index contributed by atoms with van der Waals surface area (Å²) in [5, 5.41) is 2.55. The maximum Gasteiger partial charge on any atom is 0.244 e. The maximum absolute atomic E-state index is 13.4. The van der Waals surface area contributed by atoms with Crippen LogP contribution in [0.4, 0.5) is 5.69 Å². The van der Waals surface area contributed by atoms with Crippen LogP contribution in [0.5, 0.6) is 11.5 Å². The minimum absolute atomic E-state index is 0.151. The van der Waals surface area contributed by atoms with E-state index in [0.717, 1.165) is 21.7 Å². The lowest BCUT2D eigenvalue weighted by Crippen LogP contribution is -2.50. The van der Waals surface area contributed by atoms with Crippen LogP contribution < -0.4 is 19.1 Å². The number of ether oxygens (including phenoxy) is 2. The van der Waals surface area contributed by atoms with Gasteiger partial charge in [0.05, 0.1) is 26.2 Å². The summed E-state index contributed by atoms with van der Waals surface area (Å²) in [5.41, 5.74) is 2.08. The number of nitrogens with one attached hydrogen (secondary N) is 1. The Morgan fingerprint density at radius 2 is 1.73 bits per heavy atom. The highest BCUT2D eigenvalue weighted by Crippen LogP contribution is 2.32. The number of carbonyl (C=O) groups is 2. The predicted octanol–water partition coefficient (Wildman–Crippen LogP) is 1.94. The fourth-order valence-electron chi connectivity index (χ4n) is 3.39. The van der Waals surface area contributed by atoms with Crippen LogP contribution in [0.1, 0.15) is 18.1 Å². The molecule has 2 amide bonds. The van der Waals surface area contributed by atoms with Crippen LogP contribution in [-0.2, 0) is 26.2 Å². The number of hydrogen-bond acceptors (Lipinski definition) is 6. The lowest BCUT2D eigenvalue weighted by atomic mass is 10.1. The first-order chi connectivity index (χ1) is 15.5. The Morgan fingerprint density at radius 1 is 1.06 bits per heavy atom. The van der Waals surface area contributed by atoms with E-state index in [2.05, 4.69) is 5.32 Å². The van der Waals surface area contributed by atoms with Crippen molar-refractivity contribution in [3.63, 3.8) is 0 Å². The van der Waals surface area contributed by atoms with Gasteiger partial charge in [-0.2, -0.15) is 0 Å². The van der Waals surface area contributed by atoms with Gasteiger partial charge in [0.25, 0.3) is 0 Å². The third kappa shape index (κ3) is 6.61. The number of nitrogens with zero attached hydrogens (tertiary/aromatic N) is 2. The van der Waals surface area contributed by atoms with Crippen molar-refractivity contribution in [2.45, 2.75) is 26.4 Å². The summed E-state index contributed by atoms with van der Waals surface area (Å²) >= 11 is 0. The van der Waals surface area contributed by atoms with E-state index in [4.69, 9.17) is 9.47 Å². The zero-order valence-corrected chi connectivity index (χ0v) is 20.6. The highest BCUT2D eigenvalue weighted by atomic mass is 32.2. The molecule has 0 fully saturated rings. The van der Waals surface area contributed by atoms with Gasteiger partial charge in [0.2, 0.25) is 21.8 Å². The highest BCUT2D eigenvalue weighted by molar-refractivity contribution is 7.92. The van der Waals surface area contributed by atoms with Gasteiger partial charge in [-0.05, 0) is 31.5 Å². The smallest absolute Gasteiger partial charge is 0.244 e. The molecular weight excluding hydrogens is 446 g/mol. The van der Waals surface area contributed by atoms with E-state index in [1.165, 1.54) is 38.3 Å². The van der Waals surface area contributed by atoms with Crippen molar-refractivity contribution in [2.24, 2.45) is 0 Å². The molecule has 1 atom stereocenters. The van der Waals surface area contributed by atoms with Gasteiger partial charge >= 0.3 is 0 Å². The lowest BCUT2D eigenvalue weighted by Gasteiger charge is -2.31. The third-order valence-corrected chi connectivity index (χ3v) is 6.32. The lowest BCUT2D eigenvalue weighted by molar-refractivity contribution is -0.139. The van der Waals surface area contributed by atoms with Crippen LogP contribution in [0.2, 0.25) is 0 Å². The van der Waals surface area contributed by atoms with E-state index in [1.54, 1.807) is 13.0 Å². The summed E-state index contributed by atoms with van der Waals surface area (Å²) in [6.45, 7) is 3.20. The van der Waals surface area contributed by atoms with Gasteiger partial charge in [0.15, 0.2) is 11.5 Å². The van der Waals surface area contributed by atoms with Crippen molar-refractivity contribution >= 4 is 27.5 Å². The summed E-state index contributed by atoms with van der Waals surface area (Å²) in [6.07, 6.45) is 1.02. The average Bonchev–Trinajstić information content (AvgIpc) is 2.78. The first-order valence-electron chi connectivity index (χ1n) is 10.3. The Hall–Kier alpha value is -3.27. The topological polar surface area (TPSA) is 105 Å². The van der Waals surface area contributed by atoms with Crippen molar-refractivity contribution in [2.75, 3.05) is 38.4 Å². The third-order valence-electron chi connectivity index (χ3n) is 5.18. The molecular formula is C23H31N3O6S. The molecule has 2 aromatic carbocycles. The van der Waals surface area contributed by atoms with Gasteiger partial charge in [-0.15, -0.1) is 0 Å². The molecule has 33 heavy (non-hydrogen) atoms. The maximum atomic E-state index is 13.4. The normalized spacial score (nSPS) is 11.9. The summed E-state index contributed by atoms with van der Waals surface area (Å²) in [7, 11) is 0.561. The first-order valence-corrected chi connectivity index (χ1v) is 12.1. The Bertz CT molecular complexity index is 1100. The van der Waals surface area contributed by atoms with Gasteiger partial charge in [0.1, 0.15) is 12.6 Å². The zero-order chi connectivity index (χ0) is 24.8. The number of amides is 2. The van der Waals surface area contributed by atoms with E-state index in [1.807, 2.05) is 31.2 Å². The summed E-state index contributed by atoms with van der Waals surface area (Å²) in [5.74, 6) is -0.123. The quantitative estimate of drug-likeness (QED) is 0.561. The molecule has 0 radical (unpaired) electrons. The van der Waals surface area contributed by atoms with Crippen LogP contribution in [0.3, 0.4) is 0 Å². The van der Waals surface area contributed by atoms with Crippen molar-refractivity contribution in [1.82, 2.24) is 10.2 Å². The molecule has 0 aliphatic carbocycles. The van der Waals surface area contributed by atoms with Gasteiger partial charge < -0.3 is 19.7 Å². The number of aryl methyl sites for hydroxylation is 1. The standard InChI is InChI=1S/C23H31N3O6S/c1-16-8-7-9-18(12-16)14-25(17(2)23(28)24-3)22(27)15-26(33(6,29)30)19-10-11-20(31-4)21(13-19)32-5/h7-13,17H,14-15H2,1-6H3,(H,24,28). The molecule has 1 unspecified atom stereocenters. The largest absolute Gasteiger partial charge is 0.493 e. The molecule has 0 spiro atoms. The summed E-state index contributed by atoms with van der Waals surface area (Å²) < 4.78 is 36.7. The molecule has 0 aliphatic rings. The molecule has 2 rings (SSSR count). The van der Waals surface area contributed by atoms with Crippen molar-refractivity contribution in [3.05, 3.63) is 53.6 Å². The highest BCUT2D eigenvalue weighted by Gasteiger charge is 2.30. The van der Waals surface area contributed by atoms with Crippen LogP contribution >= 0.6 is 0 Å².